The predicted octanol–water partition coefficient (Wildman–Crippen LogP) is 2.13. The van der Waals surface area contributed by atoms with Gasteiger partial charge in [0.25, 0.3) is 0 Å². The Kier molecular flexibility index (Phi) is 6.52. The first-order valence-corrected chi connectivity index (χ1v) is 6.74. The second-order valence-corrected chi connectivity index (χ2v) is 4.82. The van der Waals surface area contributed by atoms with E-state index in [1.165, 1.54) is 0 Å². The summed E-state index contributed by atoms with van der Waals surface area (Å²) in [6, 6.07) is 0.386. The van der Waals surface area contributed by atoms with E-state index < -0.39 is 5.97 Å². The van der Waals surface area contributed by atoms with Crippen LogP contribution in [0.5, 0.6) is 0 Å². The standard InChI is InChI=1S/C13H25NO3/c1-3-5-12-9-11(6-8-17-12)14(7-4-2)10-13(15)16/h11-12H,3-10H2,1-2H3,(H,15,16). The smallest absolute Gasteiger partial charge is 0.317 e. The average molecular weight is 243 g/mol. The monoisotopic (exact) mass is 243 g/mol. The summed E-state index contributed by atoms with van der Waals surface area (Å²) in [6.45, 7) is 6.06. The third-order valence-electron chi connectivity index (χ3n) is 3.32. The maximum atomic E-state index is 10.9. The van der Waals surface area contributed by atoms with Crippen molar-refractivity contribution >= 4 is 5.97 Å². The van der Waals surface area contributed by atoms with Gasteiger partial charge in [0.2, 0.25) is 0 Å². The van der Waals surface area contributed by atoms with E-state index in [-0.39, 0.29) is 6.54 Å². The molecule has 0 bridgehead atoms. The van der Waals surface area contributed by atoms with Gasteiger partial charge >= 0.3 is 5.97 Å². The Labute approximate surface area is 104 Å². The zero-order chi connectivity index (χ0) is 12.7. The van der Waals surface area contributed by atoms with Crippen molar-refractivity contribution in [3.63, 3.8) is 0 Å². The van der Waals surface area contributed by atoms with Crippen molar-refractivity contribution in [3.8, 4) is 0 Å². The van der Waals surface area contributed by atoms with Crippen molar-refractivity contribution in [2.24, 2.45) is 0 Å². The summed E-state index contributed by atoms with van der Waals surface area (Å²) in [5.74, 6) is -0.725. The number of rotatable bonds is 7. The topological polar surface area (TPSA) is 49.8 Å². The Balaban J connectivity index is 2.50. The molecule has 0 amide bonds. The summed E-state index contributed by atoms with van der Waals surface area (Å²) in [7, 11) is 0. The fourth-order valence-corrected chi connectivity index (χ4v) is 2.57. The molecule has 1 saturated heterocycles. The summed E-state index contributed by atoms with van der Waals surface area (Å²) >= 11 is 0. The molecule has 4 heteroatoms. The Bertz CT molecular complexity index is 231. The summed E-state index contributed by atoms with van der Waals surface area (Å²) < 4.78 is 5.71. The van der Waals surface area contributed by atoms with Gasteiger partial charge in [-0.2, -0.15) is 0 Å². The van der Waals surface area contributed by atoms with Crippen molar-refractivity contribution < 1.29 is 14.6 Å². The Morgan fingerprint density at radius 3 is 2.76 bits per heavy atom. The van der Waals surface area contributed by atoms with Crippen LogP contribution in [0.2, 0.25) is 0 Å². The molecular weight excluding hydrogens is 218 g/mol. The third kappa shape index (κ3) is 5.04. The third-order valence-corrected chi connectivity index (χ3v) is 3.32. The minimum Gasteiger partial charge on any atom is -0.480 e. The molecule has 17 heavy (non-hydrogen) atoms. The molecule has 100 valence electrons. The van der Waals surface area contributed by atoms with Crippen LogP contribution >= 0.6 is 0 Å². The van der Waals surface area contributed by atoms with E-state index in [9.17, 15) is 4.79 Å². The molecule has 1 heterocycles. The molecule has 1 aliphatic heterocycles. The van der Waals surface area contributed by atoms with Crippen LogP contribution in [0.25, 0.3) is 0 Å². The number of hydrogen-bond donors (Lipinski definition) is 1. The molecule has 0 spiro atoms. The van der Waals surface area contributed by atoms with E-state index in [2.05, 4.69) is 18.7 Å². The molecule has 1 aliphatic rings. The first kappa shape index (κ1) is 14.5. The van der Waals surface area contributed by atoms with Crippen molar-refractivity contribution in [2.75, 3.05) is 19.7 Å². The molecule has 0 aromatic rings. The Morgan fingerprint density at radius 2 is 2.18 bits per heavy atom. The lowest BCUT2D eigenvalue weighted by Gasteiger charge is -2.36. The van der Waals surface area contributed by atoms with Crippen LogP contribution in [0.3, 0.4) is 0 Å². The van der Waals surface area contributed by atoms with E-state index in [1.807, 2.05) is 0 Å². The van der Waals surface area contributed by atoms with Crippen LogP contribution in [0.4, 0.5) is 0 Å². The summed E-state index contributed by atoms with van der Waals surface area (Å²) in [5, 5.41) is 8.94. The molecule has 0 saturated carbocycles. The molecule has 1 fully saturated rings. The van der Waals surface area contributed by atoms with Gasteiger partial charge in [-0.1, -0.05) is 20.3 Å². The second-order valence-electron chi connectivity index (χ2n) is 4.82. The van der Waals surface area contributed by atoms with Gasteiger partial charge in [0.05, 0.1) is 12.6 Å². The minimum atomic E-state index is -0.725. The maximum absolute atomic E-state index is 10.9. The van der Waals surface area contributed by atoms with Crippen LogP contribution in [0.15, 0.2) is 0 Å². The zero-order valence-electron chi connectivity index (χ0n) is 11.0. The average Bonchev–Trinajstić information content (AvgIpc) is 2.29. The highest BCUT2D eigenvalue weighted by Crippen LogP contribution is 2.22. The first-order valence-electron chi connectivity index (χ1n) is 6.74. The first-order chi connectivity index (χ1) is 8.17. The molecule has 2 atom stereocenters. The number of ether oxygens (including phenoxy) is 1. The second kappa shape index (κ2) is 7.67. The van der Waals surface area contributed by atoms with Crippen LogP contribution in [0.1, 0.15) is 46.0 Å². The number of carboxylic acid groups (broad SMARTS) is 1. The molecule has 2 unspecified atom stereocenters. The van der Waals surface area contributed by atoms with Crippen LogP contribution in [-0.4, -0.2) is 47.8 Å². The van der Waals surface area contributed by atoms with Crippen LogP contribution in [-0.2, 0) is 9.53 Å². The van der Waals surface area contributed by atoms with Gasteiger partial charge in [-0.05, 0) is 32.2 Å². The van der Waals surface area contributed by atoms with Crippen LogP contribution < -0.4 is 0 Å². The maximum Gasteiger partial charge on any atom is 0.317 e. The van der Waals surface area contributed by atoms with Gasteiger partial charge in [-0.3, -0.25) is 9.69 Å². The van der Waals surface area contributed by atoms with Crippen molar-refractivity contribution in [3.05, 3.63) is 0 Å². The van der Waals surface area contributed by atoms with Gasteiger partial charge in [0, 0.05) is 12.6 Å². The van der Waals surface area contributed by atoms with Gasteiger partial charge in [-0.25, -0.2) is 0 Å². The molecular formula is C13H25NO3. The normalized spacial score (nSPS) is 25.1. The van der Waals surface area contributed by atoms with Gasteiger partial charge in [-0.15, -0.1) is 0 Å². The Hall–Kier alpha value is -0.610. The molecule has 0 radical (unpaired) electrons. The van der Waals surface area contributed by atoms with Crippen molar-refractivity contribution in [1.29, 1.82) is 0 Å². The lowest BCUT2D eigenvalue weighted by atomic mass is 9.98. The number of hydrogen-bond acceptors (Lipinski definition) is 3. The summed E-state index contributed by atoms with van der Waals surface area (Å²) in [4.78, 5) is 13.0. The summed E-state index contributed by atoms with van der Waals surface area (Å²) in [5.41, 5.74) is 0. The van der Waals surface area contributed by atoms with E-state index >= 15 is 0 Å². The van der Waals surface area contributed by atoms with Gasteiger partial charge in [0.1, 0.15) is 0 Å². The molecule has 0 aromatic heterocycles. The number of nitrogens with zero attached hydrogens (tertiary/aromatic N) is 1. The zero-order valence-corrected chi connectivity index (χ0v) is 11.0. The van der Waals surface area contributed by atoms with Crippen LogP contribution in [0, 0.1) is 0 Å². The van der Waals surface area contributed by atoms with E-state index in [1.54, 1.807) is 0 Å². The van der Waals surface area contributed by atoms with Gasteiger partial charge in [0.15, 0.2) is 0 Å². The predicted molar refractivity (Wildman–Crippen MR) is 67.2 cm³/mol. The lowest BCUT2D eigenvalue weighted by molar-refractivity contribution is -0.140. The highest BCUT2D eigenvalue weighted by molar-refractivity contribution is 5.69. The van der Waals surface area contributed by atoms with E-state index in [4.69, 9.17) is 9.84 Å². The van der Waals surface area contributed by atoms with E-state index in [0.717, 1.165) is 45.3 Å². The molecule has 1 rings (SSSR count). The fraction of sp³-hybridized carbons (Fsp3) is 0.923. The van der Waals surface area contributed by atoms with Gasteiger partial charge < -0.3 is 9.84 Å². The fourth-order valence-electron chi connectivity index (χ4n) is 2.57. The highest BCUT2D eigenvalue weighted by atomic mass is 16.5. The van der Waals surface area contributed by atoms with Crippen molar-refractivity contribution in [2.45, 2.75) is 58.1 Å². The lowest BCUT2D eigenvalue weighted by Crippen LogP contribution is -2.45. The van der Waals surface area contributed by atoms with Crippen molar-refractivity contribution in [1.82, 2.24) is 4.90 Å². The van der Waals surface area contributed by atoms with E-state index in [0.29, 0.717) is 12.1 Å². The molecule has 1 N–H and O–H groups in total. The minimum absolute atomic E-state index is 0.164. The summed E-state index contributed by atoms with van der Waals surface area (Å²) in [6.07, 6.45) is 5.50. The number of carbonyl (C=O) groups is 1. The quantitative estimate of drug-likeness (QED) is 0.744. The molecule has 0 aromatic carbocycles. The SMILES string of the molecule is CCCC1CC(N(CCC)CC(=O)O)CCO1. The number of aliphatic carboxylic acids is 1. The molecule has 0 aliphatic carbocycles. The largest absolute Gasteiger partial charge is 0.480 e. The highest BCUT2D eigenvalue weighted by Gasteiger charge is 2.27. The number of carboxylic acids is 1. The molecule has 4 nitrogen and oxygen atoms in total. The Morgan fingerprint density at radius 1 is 1.41 bits per heavy atom.